The molecule has 1 aliphatic heterocycles. The number of nitriles is 1. The van der Waals surface area contributed by atoms with Crippen molar-refractivity contribution in [1.82, 2.24) is 4.90 Å². The van der Waals surface area contributed by atoms with Gasteiger partial charge in [0.05, 0.1) is 23.3 Å². The summed E-state index contributed by atoms with van der Waals surface area (Å²) in [6, 6.07) is 6.89. The lowest BCUT2D eigenvalue weighted by molar-refractivity contribution is -0.130. The van der Waals surface area contributed by atoms with Crippen molar-refractivity contribution in [3.8, 4) is 6.07 Å². The van der Waals surface area contributed by atoms with Crippen LogP contribution in [0.4, 0.5) is 0 Å². The van der Waals surface area contributed by atoms with Crippen molar-refractivity contribution in [1.29, 1.82) is 5.26 Å². The third-order valence-corrected chi connectivity index (χ3v) is 3.64. The monoisotopic (exact) mass is 310 g/mol. The highest BCUT2D eigenvalue weighted by molar-refractivity contribution is 6.42. The fourth-order valence-corrected chi connectivity index (χ4v) is 2.15. The van der Waals surface area contributed by atoms with Gasteiger partial charge in [-0.15, -0.1) is 0 Å². The minimum absolute atomic E-state index is 0.0743. The van der Waals surface area contributed by atoms with E-state index in [0.717, 1.165) is 0 Å². The zero-order valence-corrected chi connectivity index (χ0v) is 12.1. The van der Waals surface area contributed by atoms with Crippen LogP contribution in [0.1, 0.15) is 5.56 Å². The summed E-state index contributed by atoms with van der Waals surface area (Å²) in [5, 5.41) is 9.97. The highest BCUT2D eigenvalue weighted by Gasteiger charge is 2.20. The molecule has 0 radical (unpaired) electrons. The second-order valence-electron chi connectivity index (χ2n) is 4.25. The second-order valence-corrected chi connectivity index (χ2v) is 5.06. The molecular weight excluding hydrogens is 299 g/mol. The molecular formula is C14H12Cl2N2O2. The molecule has 0 bridgehead atoms. The van der Waals surface area contributed by atoms with Crippen LogP contribution in [0.3, 0.4) is 0 Å². The number of carbonyl (C=O) groups is 1. The zero-order valence-electron chi connectivity index (χ0n) is 10.6. The van der Waals surface area contributed by atoms with Crippen LogP contribution in [0.15, 0.2) is 23.8 Å². The molecule has 0 unspecified atom stereocenters. The van der Waals surface area contributed by atoms with Crippen LogP contribution >= 0.6 is 23.2 Å². The van der Waals surface area contributed by atoms with Gasteiger partial charge in [-0.1, -0.05) is 29.3 Å². The topological polar surface area (TPSA) is 53.3 Å². The lowest BCUT2D eigenvalue weighted by Gasteiger charge is -2.26. The van der Waals surface area contributed by atoms with Gasteiger partial charge in [0.25, 0.3) is 5.91 Å². The van der Waals surface area contributed by atoms with Crippen LogP contribution in [0.25, 0.3) is 6.08 Å². The maximum Gasteiger partial charge on any atom is 0.264 e. The first-order chi connectivity index (χ1) is 9.61. The molecule has 4 nitrogen and oxygen atoms in total. The van der Waals surface area contributed by atoms with Gasteiger partial charge in [0, 0.05) is 13.1 Å². The Morgan fingerprint density at radius 1 is 1.30 bits per heavy atom. The van der Waals surface area contributed by atoms with Crippen molar-refractivity contribution in [3.05, 3.63) is 39.4 Å². The molecule has 0 saturated carbocycles. The minimum atomic E-state index is -0.290. The molecule has 0 aliphatic carbocycles. The van der Waals surface area contributed by atoms with Crippen LogP contribution in [-0.4, -0.2) is 37.1 Å². The van der Waals surface area contributed by atoms with E-state index in [2.05, 4.69) is 0 Å². The van der Waals surface area contributed by atoms with Crippen molar-refractivity contribution < 1.29 is 9.53 Å². The van der Waals surface area contributed by atoms with Crippen LogP contribution in [0.2, 0.25) is 10.0 Å². The number of carbonyl (C=O) groups excluding carboxylic acids is 1. The van der Waals surface area contributed by atoms with Crippen LogP contribution < -0.4 is 0 Å². The quantitative estimate of drug-likeness (QED) is 0.623. The van der Waals surface area contributed by atoms with E-state index >= 15 is 0 Å². The summed E-state index contributed by atoms with van der Waals surface area (Å²) in [4.78, 5) is 13.8. The molecule has 0 N–H and O–H groups in total. The number of amides is 1. The van der Waals surface area contributed by atoms with Crippen molar-refractivity contribution >= 4 is 35.2 Å². The van der Waals surface area contributed by atoms with E-state index in [1.54, 1.807) is 23.1 Å². The Kier molecular flexibility index (Phi) is 5.02. The SMILES string of the molecule is N#CC(=Cc1ccc(Cl)c(Cl)c1)C(=O)N1CCOCC1. The summed E-state index contributed by atoms with van der Waals surface area (Å²) in [6.45, 7) is 1.99. The summed E-state index contributed by atoms with van der Waals surface area (Å²) in [5.74, 6) is -0.290. The van der Waals surface area contributed by atoms with Gasteiger partial charge in [0.1, 0.15) is 11.6 Å². The van der Waals surface area contributed by atoms with Crippen LogP contribution in [0, 0.1) is 11.3 Å². The van der Waals surface area contributed by atoms with Gasteiger partial charge in [0.2, 0.25) is 0 Å². The largest absolute Gasteiger partial charge is 0.378 e. The predicted molar refractivity (Wildman–Crippen MR) is 77.5 cm³/mol. The highest BCUT2D eigenvalue weighted by Crippen LogP contribution is 2.24. The molecule has 0 spiro atoms. The van der Waals surface area contributed by atoms with Gasteiger partial charge in [0.15, 0.2) is 0 Å². The second kappa shape index (κ2) is 6.76. The lowest BCUT2D eigenvalue weighted by Crippen LogP contribution is -2.41. The Hall–Kier alpha value is -1.54. The smallest absolute Gasteiger partial charge is 0.264 e. The molecule has 1 amide bonds. The van der Waals surface area contributed by atoms with Gasteiger partial charge in [-0.05, 0) is 23.8 Å². The first-order valence-electron chi connectivity index (χ1n) is 6.05. The highest BCUT2D eigenvalue weighted by atomic mass is 35.5. The fraction of sp³-hybridized carbons (Fsp3) is 0.286. The third kappa shape index (κ3) is 3.51. The number of hydrogen-bond acceptors (Lipinski definition) is 3. The average molecular weight is 311 g/mol. The first-order valence-corrected chi connectivity index (χ1v) is 6.81. The Labute approximate surface area is 127 Å². The van der Waals surface area contributed by atoms with Gasteiger partial charge in [-0.3, -0.25) is 4.79 Å². The maximum absolute atomic E-state index is 12.2. The molecule has 0 aromatic heterocycles. The Morgan fingerprint density at radius 3 is 2.60 bits per heavy atom. The number of rotatable bonds is 2. The molecule has 0 atom stereocenters. The standard InChI is InChI=1S/C14H12Cl2N2O2/c15-12-2-1-10(8-13(12)16)7-11(9-17)14(19)18-3-5-20-6-4-18/h1-2,7-8H,3-6H2. The van der Waals surface area contributed by atoms with Gasteiger partial charge < -0.3 is 9.64 Å². The molecule has 1 aromatic rings. The average Bonchev–Trinajstić information content (AvgIpc) is 2.48. The van der Waals surface area contributed by atoms with Gasteiger partial charge >= 0.3 is 0 Å². The van der Waals surface area contributed by atoms with Gasteiger partial charge in [-0.25, -0.2) is 0 Å². The Morgan fingerprint density at radius 2 is 2.00 bits per heavy atom. The van der Waals surface area contributed by atoms with E-state index < -0.39 is 0 Å². The number of benzene rings is 1. The number of morpholine rings is 1. The number of hydrogen-bond donors (Lipinski definition) is 0. The van der Waals surface area contributed by atoms with Crippen molar-refractivity contribution in [3.63, 3.8) is 0 Å². The molecule has 20 heavy (non-hydrogen) atoms. The van der Waals surface area contributed by atoms with Crippen molar-refractivity contribution in [2.75, 3.05) is 26.3 Å². The van der Waals surface area contributed by atoms with Crippen LogP contribution in [0.5, 0.6) is 0 Å². The normalized spacial score (nSPS) is 15.8. The maximum atomic E-state index is 12.2. The molecule has 2 rings (SSSR count). The van der Waals surface area contributed by atoms with E-state index in [4.69, 9.17) is 33.2 Å². The predicted octanol–water partition coefficient (Wildman–Crippen LogP) is 2.76. The fourth-order valence-electron chi connectivity index (χ4n) is 1.85. The first kappa shape index (κ1) is 14.9. The number of halogens is 2. The van der Waals surface area contributed by atoms with E-state index in [9.17, 15) is 4.79 Å². The summed E-state index contributed by atoms with van der Waals surface area (Å²) < 4.78 is 5.18. The third-order valence-electron chi connectivity index (χ3n) is 2.90. The molecule has 1 fully saturated rings. The van der Waals surface area contributed by atoms with Crippen molar-refractivity contribution in [2.24, 2.45) is 0 Å². The summed E-state index contributed by atoms with van der Waals surface area (Å²) in [6.07, 6.45) is 1.51. The summed E-state index contributed by atoms with van der Waals surface area (Å²) in [5.41, 5.74) is 0.739. The lowest BCUT2D eigenvalue weighted by atomic mass is 10.1. The molecule has 1 aliphatic rings. The minimum Gasteiger partial charge on any atom is -0.378 e. The Bertz CT molecular complexity index is 587. The molecule has 1 aromatic carbocycles. The van der Waals surface area contributed by atoms with Gasteiger partial charge in [-0.2, -0.15) is 5.26 Å². The summed E-state index contributed by atoms with van der Waals surface area (Å²) >= 11 is 11.7. The summed E-state index contributed by atoms with van der Waals surface area (Å²) in [7, 11) is 0. The number of ether oxygens (including phenoxy) is 1. The molecule has 104 valence electrons. The number of nitrogens with zero attached hydrogens (tertiary/aromatic N) is 2. The Balaban J connectivity index is 2.22. The zero-order chi connectivity index (χ0) is 14.5. The van der Waals surface area contributed by atoms with E-state index in [0.29, 0.717) is 41.9 Å². The van der Waals surface area contributed by atoms with E-state index in [-0.39, 0.29) is 11.5 Å². The van der Waals surface area contributed by atoms with E-state index in [1.165, 1.54) is 6.08 Å². The molecule has 6 heteroatoms. The molecule has 1 heterocycles. The molecule has 1 saturated heterocycles. The van der Waals surface area contributed by atoms with E-state index in [1.807, 2.05) is 6.07 Å². The van der Waals surface area contributed by atoms with Crippen molar-refractivity contribution in [2.45, 2.75) is 0 Å². The van der Waals surface area contributed by atoms with Crippen LogP contribution in [-0.2, 0) is 9.53 Å².